The number of hydrogen-bond acceptors (Lipinski definition) is 1. The van der Waals surface area contributed by atoms with E-state index in [1.807, 2.05) is 0 Å². The van der Waals surface area contributed by atoms with Gasteiger partial charge in [-0.2, -0.15) is 0 Å². The fraction of sp³-hybridized carbons (Fsp3) is 0.909. The lowest BCUT2D eigenvalue weighted by molar-refractivity contribution is -0.125. The minimum Gasteiger partial charge on any atom is -0.356 e. The van der Waals surface area contributed by atoms with E-state index in [2.05, 4.69) is 26.1 Å². The fourth-order valence-corrected chi connectivity index (χ4v) is 1.40. The SMILES string of the molecule is CCCCNC(=O)C(CC)CCC. The first kappa shape index (κ1) is 12.5. The van der Waals surface area contributed by atoms with Crippen molar-refractivity contribution in [2.75, 3.05) is 6.54 Å². The van der Waals surface area contributed by atoms with E-state index in [0.717, 1.165) is 38.6 Å². The van der Waals surface area contributed by atoms with Crippen LogP contribution in [0.25, 0.3) is 0 Å². The molecule has 0 heterocycles. The average molecular weight is 185 g/mol. The number of carbonyl (C=O) groups is 1. The van der Waals surface area contributed by atoms with E-state index in [9.17, 15) is 4.79 Å². The van der Waals surface area contributed by atoms with Crippen LogP contribution in [0.4, 0.5) is 0 Å². The predicted molar refractivity (Wildman–Crippen MR) is 56.6 cm³/mol. The van der Waals surface area contributed by atoms with E-state index >= 15 is 0 Å². The van der Waals surface area contributed by atoms with Gasteiger partial charge >= 0.3 is 0 Å². The molecule has 2 heteroatoms. The van der Waals surface area contributed by atoms with Crippen molar-refractivity contribution in [3.8, 4) is 0 Å². The lowest BCUT2D eigenvalue weighted by Gasteiger charge is -2.13. The summed E-state index contributed by atoms with van der Waals surface area (Å²) in [5, 5.41) is 2.98. The molecule has 78 valence electrons. The van der Waals surface area contributed by atoms with Crippen LogP contribution in [0.1, 0.15) is 52.9 Å². The van der Waals surface area contributed by atoms with Crippen molar-refractivity contribution < 1.29 is 4.79 Å². The van der Waals surface area contributed by atoms with Crippen molar-refractivity contribution >= 4 is 5.91 Å². The Kier molecular flexibility index (Phi) is 7.76. The highest BCUT2D eigenvalue weighted by Gasteiger charge is 2.13. The Bertz CT molecular complexity index is 134. The van der Waals surface area contributed by atoms with E-state index in [1.54, 1.807) is 0 Å². The number of carbonyl (C=O) groups excluding carboxylic acids is 1. The molecule has 0 aliphatic heterocycles. The molecule has 0 rings (SSSR count). The Morgan fingerprint density at radius 1 is 1.23 bits per heavy atom. The van der Waals surface area contributed by atoms with Crippen molar-refractivity contribution in [3.63, 3.8) is 0 Å². The van der Waals surface area contributed by atoms with E-state index in [0.29, 0.717) is 0 Å². The van der Waals surface area contributed by atoms with Crippen molar-refractivity contribution in [2.45, 2.75) is 52.9 Å². The second kappa shape index (κ2) is 8.09. The highest BCUT2D eigenvalue weighted by Crippen LogP contribution is 2.10. The Balaban J connectivity index is 3.64. The highest BCUT2D eigenvalue weighted by molar-refractivity contribution is 5.78. The highest BCUT2D eigenvalue weighted by atomic mass is 16.1. The summed E-state index contributed by atoms with van der Waals surface area (Å²) >= 11 is 0. The zero-order chi connectivity index (χ0) is 10.1. The molecule has 0 aromatic heterocycles. The molecule has 0 saturated carbocycles. The minimum absolute atomic E-state index is 0.238. The smallest absolute Gasteiger partial charge is 0.223 e. The molecule has 0 saturated heterocycles. The minimum atomic E-state index is 0.238. The molecule has 0 aliphatic rings. The molecule has 0 aliphatic carbocycles. The molecule has 2 nitrogen and oxygen atoms in total. The van der Waals surface area contributed by atoms with Gasteiger partial charge in [0.2, 0.25) is 5.91 Å². The quantitative estimate of drug-likeness (QED) is 0.607. The first-order valence-corrected chi connectivity index (χ1v) is 5.53. The summed E-state index contributed by atoms with van der Waals surface area (Å²) in [5.74, 6) is 0.486. The average Bonchev–Trinajstić information content (AvgIpc) is 2.14. The van der Waals surface area contributed by atoms with Crippen LogP contribution in [0.2, 0.25) is 0 Å². The molecule has 1 amide bonds. The standard InChI is InChI=1S/C11H23NO/c1-4-7-9-12-11(13)10(6-3)8-5-2/h10H,4-9H2,1-3H3,(H,12,13). The van der Waals surface area contributed by atoms with Gasteiger partial charge in [0.05, 0.1) is 0 Å². The Hall–Kier alpha value is -0.530. The summed E-state index contributed by atoms with van der Waals surface area (Å²) in [6.45, 7) is 7.19. The van der Waals surface area contributed by atoms with Gasteiger partial charge in [0.15, 0.2) is 0 Å². The van der Waals surface area contributed by atoms with Crippen LogP contribution in [0, 0.1) is 5.92 Å². The van der Waals surface area contributed by atoms with Gasteiger partial charge in [-0.15, -0.1) is 0 Å². The first-order valence-electron chi connectivity index (χ1n) is 5.53. The van der Waals surface area contributed by atoms with Crippen LogP contribution >= 0.6 is 0 Å². The normalized spacial score (nSPS) is 12.5. The van der Waals surface area contributed by atoms with Gasteiger partial charge in [-0.05, 0) is 19.3 Å². The first-order chi connectivity index (χ1) is 6.26. The maximum absolute atomic E-state index is 11.5. The monoisotopic (exact) mass is 185 g/mol. The van der Waals surface area contributed by atoms with E-state index in [4.69, 9.17) is 0 Å². The van der Waals surface area contributed by atoms with Gasteiger partial charge in [0, 0.05) is 12.5 Å². The topological polar surface area (TPSA) is 29.1 Å². The van der Waals surface area contributed by atoms with Crippen LogP contribution in [0.5, 0.6) is 0 Å². The number of rotatable bonds is 7. The zero-order valence-electron chi connectivity index (χ0n) is 9.23. The Morgan fingerprint density at radius 2 is 1.92 bits per heavy atom. The van der Waals surface area contributed by atoms with Gasteiger partial charge in [0.25, 0.3) is 0 Å². The van der Waals surface area contributed by atoms with Crippen LogP contribution in [0.15, 0.2) is 0 Å². The van der Waals surface area contributed by atoms with Crippen LogP contribution in [-0.4, -0.2) is 12.5 Å². The number of hydrogen-bond donors (Lipinski definition) is 1. The third-order valence-corrected chi connectivity index (χ3v) is 2.33. The molecular weight excluding hydrogens is 162 g/mol. The van der Waals surface area contributed by atoms with Crippen molar-refractivity contribution in [1.29, 1.82) is 0 Å². The second-order valence-corrected chi connectivity index (χ2v) is 3.54. The maximum atomic E-state index is 11.5. The van der Waals surface area contributed by atoms with Crippen molar-refractivity contribution in [2.24, 2.45) is 5.92 Å². The second-order valence-electron chi connectivity index (χ2n) is 3.54. The number of unbranched alkanes of at least 4 members (excludes halogenated alkanes) is 1. The zero-order valence-corrected chi connectivity index (χ0v) is 9.23. The van der Waals surface area contributed by atoms with Gasteiger partial charge in [-0.3, -0.25) is 4.79 Å². The largest absolute Gasteiger partial charge is 0.356 e. The summed E-state index contributed by atoms with van der Waals surface area (Å²) < 4.78 is 0. The third-order valence-electron chi connectivity index (χ3n) is 2.33. The molecule has 0 spiro atoms. The van der Waals surface area contributed by atoms with Gasteiger partial charge in [-0.1, -0.05) is 33.6 Å². The maximum Gasteiger partial charge on any atom is 0.223 e. The molecule has 1 N–H and O–H groups in total. The van der Waals surface area contributed by atoms with E-state index < -0.39 is 0 Å². The van der Waals surface area contributed by atoms with Crippen LogP contribution < -0.4 is 5.32 Å². The summed E-state index contributed by atoms with van der Waals surface area (Å²) in [6, 6.07) is 0. The number of amides is 1. The molecule has 13 heavy (non-hydrogen) atoms. The molecule has 1 atom stereocenters. The number of nitrogens with one attached hydrogen (secondary N) is 1. The van der Waals surface area contributed by atoms with Crippen molar-refractivity contribution in [1.82, 2.24) is 5.32 Å². The van der Waals surface area contributed by atoms with Crippen LogP contribution in [0.3, 0.4) is 0 Å². The molecule has 0 fully saturated rings. The molecule has 0 bridgehead atoms. The van der Waals surface area contributed by atoms with E-state index in [1.165, 1.54) is 0 Å². The predicted octanol–water partition coefficient (Wildman–Crippen LogP) is 2.73. The molecule has 1 unspecified atom stereocenters. The molecule has 0 aromatic rings. The van der Waals surface area contributed by atoms with E-state index in [-0.39, 0.29) is 11.8 Å². The lowest BCUT2D eigenvalue weighted by atomic mass is 10.00. The molecular formula is C11H23NO. The lowest BCUT2D eigenvalue weighted by Crippen LogP contribution is -2.31. The van der Waals surface area contributed by atoms with Gasteiger partial charge in [0.1, 0.15) is 0 Å². The Labute approximate surface area is 82.1 Å². The molecule has 0 aromatic carbocycles. The van der Waals surface area contributed by atoms with Gasteiger partial charge in [-0.25, -0.2) is 0 Å². The summed E-state index contributed by atoms with van der Waals surface area (Å²) in [5.41, 5.74) is 0. The van der Waals surface area contributed by atoms with Gasteiger partial charge < -0.3 is 5.32 Å². The molecule has 0 radical (unpaired) electrons. The summed E-state index contributed by atoms with van der Waals surface area (Å²) in [7, 11) is 0. The Morgan fingerprint density at radius 3 is 2.38 bits per heavy atom. The van der Waals surface area contributed by atoms with Crippen LogP contribution in [-0.2, 0) is 4.79 Å². The van der Waals surface area contributed by atoms with Crippen molar-refractivity contribution in [3.05, 3.63) is 0 Å². The third kappa shape index (κ3) is 5.67. The summed E-state index contributed by atoms with van der Waals surface area (Å²) in [4.78, 5) is 11.5. The summed E-state index contributed by atoms with van der Waals surface area (Å²) in [6.07, 6.45) is 5.32. The fourth-order valence-electron chi connectivity index (χ4n) is 1.40.